The van der Waals surface area contributed by atoms with Gasteiger partial charge in [-0.05, 0) is 43.7 Å². The van der Waals surface area contributed by atoms with Crippen molar-refractivity contribution in [3.63, 3.8) is 0 Å². The smallest absolute Gasteiger partial charge is 0.350 e. The minimum Gasteiger partial charge on any atom is -0.495 e. The molecule has 0 saturated carbocycles. The molecule has 172 valence electrons. The first-order valence-corrected chi connectivity index (χ1v) is 11.1. The molecule has 0 fully saturated rings. The monoisotopic (exact) mass is 487 g/mol. The molecule has 0 aliphatic heterocycles. The Bertz CT molecular complexity index is 1180. The first-order chi connectivity index (χ1) is 15.8. The number of esters is 1. The van der Waals surface area contributed by atoms with Crippen LogP contribution >= 0.6 is 22.9 Å². The van der Waals surface area contributed by atoms with E-state index in [1.54, 1.807) is 43.3 Å². The SMILES string of the molecule is COc1ccc(C)cc1NC(=O)CNC(=O)COC(=O)c1sc(-c2ccc(Cl)cc2)nc1C. The number of amides is 2. The number of ether oxygens (including phenoxy) is 2. The van der Waals surface area contributed by atoms with E-state index in [1.165, 1.54) is 18.4 Å². The Kier molecular flexibility index (Phi) is 8.02. The fourth-order valence-corrected chi connectivity index (χ4v) is 3.93. The number of halogens is 1. The maximum Gasteiger partial charge on any atom is 0.350 e. The molecular weight excluding hydrogens is 466 g/mol. The Morgan fingerprint density at radius 2 is 1.79 bits per heavy atom. The van der Waals surface area contributed by atoms with E-state index in [0.717, 1.165) is 11.1 Å². The summed E-state index contributed by atoms with van der Waals surface area (Å²) < 4.78 is 10.3. The van der Waals surface area contributed by atoms with Crippen molar-refractivity contribution < 1.29 is 23.9 Å². The average molecular weight is 488 g/mol. The summed E-state index contributed by atoms with van der Waals surface area (Å²) in [7, 11) is 1.50. The fourth-order valence-electron chi connectivity index (χ4n) is 2.84. The Morgan fingerprint density at radius 1 is 1.06 bits per heavy atom. The molecule has 1 heterocycles. The molecule has 3 rings (SSSR count). The van der Waals surface area contributed by atoms with E-state index in [2.05, 4.69) is 15.6 Å². The van der Waals surface area contributed by atoms with Crippen LogP contribution in [0.15, 0.2) is 42.5 Å². The molecule has 3 aromatic rings. The van der Waals surface area contributed by atoms with E-state index in [9.17, 15) is 14.4 Å². The number of benzene rings is 2. The molecule has 33 heavy (non-hydrogen) atoms. The third kappa shape index (κ3) is 6.53. The van der Waals surface area contributed by atoms with Crippen molar-refractivity contribution in [2.24, 2.45) is 0 Å². The van der Waals surface area contributed by atoms with Gasteiger partial charge in [0.25, 0.3) is 5.91 Å². The second-order valence-electron chi connectivity index (χ2n) is 7.05. The van der Waals surface area contributed by atoms with Crippen molar-refractivity contribution in [2.45, 2.75) is 13.8 Å². The van der Waals surface area contributed by atoms with Crippen molar-refractivity contribution >= 4 is 46.4 Å². The van der Waals surface area contributed by atoms with Crippen LogP contribution in [0.25, 0.3) is 10.6 Å². The molecule has 10 heteroatoms. The normalized spacial score (nSPS) is 10.4. The zero-order valence-corrected chi connectivity index (χ0v) is 19.8. The Labute approximate surface area is 199 Å². The Morgan fingerprint density at radius 3 is 2.48 bits per heavy atom. The van der Waals surface area contributed by atoms with Gasteiger partial charge in [0.1, 0.15) is 15.6 Å². The molecule has 0 aliphatic carbocycles. The van der Waals surface area contributed by atoms with Gasteiger partial charge in [0.15, 0.2) is 6.61 Å². The van der Waals surface area contributed by atoms with Crippen molar-refractivity contribution in [3.05, 3.63) is 63.6 Å². The van der Waals surface area contributed by atoms with Crippen LogP contribution in [0.5, 0.6) is 5.75 Å². The summed E-state index contributed by atoms with van der Waals surface area (Å²) >= 11 is 7.07. The number of nitrogens with zero attached hydrogens (tertiary/aromatic N) is 1. The largest absolute Gasteiger partial charge is 0.495 e. The van der Waals surface area contributed by atoms with E-state index in [4.69, 9.17) is 21.1 Å². The van der Waals surface area contributed by atoms with Gasteiger partial charge in [-0.25, -0.2) is 9.78 Å². The summed E-state index contributed by atoms with van der Waals surface area (Å²) in [5.41, 5.74) is 2.77. The predicted molar refractivity (Wildman–Crippen MR) is 127 cm³/mol. The van der Waals surface area contributed by atoms with Crippen LogP contribution < -0.4 is 15.4 Å². The third-order valence-electron chi connectivity index (χ3n) is 4.48. The van der Waals surface area contributed by atoms with Crippen LogP contribution in [-0.4, -0.2) is 43.0 Å². The van der Waals surface area contributed by atoms with E-state index in [0.29, 0.717) is 32.0 Å². The van der Waals surface area contributed by atoms with Gasteiger partial charge in [-0.2, -0.15) is 0 Å². The Balaban J connectivity index is 1.50. The lowest BCUT2D eigenvalue weighted by Gasteiger charge is -2.11. The molecule has 2 N–H and O–H groups in total. The quantitative estimate of drug-likeness (QED) is 0.465. The van der Waals surface area contributed by atoms with Gasteiger partial charge in [-0.1, -0.05) is 29.8 Å². The molecule has 0 spiro atoms. The number of carbonyl (C=O) groups is 3. The highest BCUT2D eigenvalue weighted by Crippen LogP contribution is 2.29. The molecule has 0 atom stereocenters. The maximum absolute atomic E-state index is 12.4. The van der Waals surface area contributed by atoms with Crippen molar-refractivity contribution in [1.29, 1.82) is 0 Å². The highest BCUT2D eigenvalue weighted by Gasteiger charge is 2.19. The second kappa shape index (κ2) is 10.9. The summed E-state index contributed by atoms with van der Waals surface area (Å²) in [6.45, 7) is 2.77. The number of methoxy groups -OCH3 is 1. The zero-order chi connectivity index (χ0) is 24.0. The Hall–Kier alpha value is -3.43. The number of nitrogens with one attached hydrogen (secondary N) is 2. The highest BCUT2D eigenvalue weighted by molar-refractivity contribution is 7.17. The van der Waals surface area contributed by atoms with Gasteiger partial charge < -0.3 is 20.1 Å². The maximum atomic E-state index is 12.4. The van der Waals surface area contributed by atoms with Crippen molar-refractivity contribution in [2.75, 3.05) is 25.6 Å². The third-order valence-corrected chi connectivity index (χ3v) is 5.92. The van der Waals surface area contributed by atoms with Crippen LogP contribution in [0.1, 0.15) is 20.9 Å². The van der Waals surface area contributed by atoms with E-state index >= 15 is 0 Å². The summed E-state index contributed by atoms with van der Waals surface area (Å²) in [5.74, 6) is -1.19. The number of aromatic nitrogens is 1. The van der Waals surface area contributed by atoms with Crippen LogP contribution in [0, 0.1) is 13.8 Å². The van der Waals surface area contributed by atoms with Crippen LogP contribution in [0.4, 0.5) is 5.69 Å². The van der Waals surface area contributed by atoms with Gasteiger partial charge in [-0.15, -0.1) is 11.3 Å². The van der Waals surface area contributed by atoms with Crippen molar-refractivity contribution in [3.8, 4) is 16.3 Å². The number of hydrogen-bond donors (Lipinski definition) is 2. The van der Waals surface area contributed by atoms with Crippen LogP contribution in [0.2, 0.25) is 5.02 Å². The molecule has 2 amide bonds. The van der Waals surface area contributed by atoms with Gasteiger partial charge >= 0.3 is 5.97 Å². The predicted octanol–water partition coefficient (Wildman–Crippen LogP) is 4.00. The molecular formula is C23H22ClN3O5S. The topological polar surface area (TPSA) is 107 Å². The highest BCUT2D eigenvalue weighted by atomic mass is 35.5. The van der Waals surface area contributed by atoms with Gasteiger partial charge in [-0.3, -0.25) is 9.59 Å². The molecule has 0 aliphatic rings. The lowest BCUT2D eigenvalue weighted by molar-refractivity contribution is -0.126. The minimum absolute atomic E-state index is 0.284. The van der Waals surface area contributed by atoms with Gasteiger partial charge in [0.05, 0.1) is 25.0 Å². The number of carbonyl (C=O) groups excluding carboxylic acids is 3. The standard InChI is InChI=1S/C23H22ClN3O5S/c1-13-4-9-18(31-3)17(10-13)27-19(28)11-25-20(29)12-32-23(30)21-14(2)26-22(33-21)15-5-7-16(24)8-6-15/h4-10H,11-12H2,1-3H3,(H,25,29)(H,27,28). The van der Waals surface area contributed by atoms with Gasteiger partial charge in [0, 0.05) is 10.6 Å². The van der Waals surface area contributed by atoms with E-state index in [1.807, 2.05) is 13.0 Å². The molecule has 2 aromatic carbocycles. The first-order valence-electron chi connectivity index (χ1n) is 9.88. The molecule has 0 unspecified atom stereocenters. The molecule has 8 nitrogen and oxygen atoms in total. The number of aryl methyl sites for hydroxylation is 2. The molecule has 0 bridgehead atoms. The minimum atomic E-state index is -0.658. The summed E-state index contributed by atoms with van der Waals surface area (Å²) in [6.07, 6.45) is 0. The summed E-state index contributed by atoms with van der Waals surface area (Å²) in [5, 5.41) is 6.34. The van der Waals surface area contributed by atoms with Crippen LogP contribution in [-0.2, 0) is 14.3 Å². The number of thiazole rings is 1. The first kappa shape index (κ1) is 24.2. The second-order valence-corrected chi connectivity index (χ2v) is 8.48. The molecule has 0 saturated heterocycles. The molecule has 0 radical (unpaired) electrons. The lowest BCUT2D eigenvalue weighted by atomic mass is 10.2. The van der Waals surface area contributed by atoms with E-state index in [-0.39, 0.29) is 6.54 Å². The van der Waals surface area contributed by atoms with E-state index < -0.39 is 24.4 Å². The molecule has 1 aromatic heterocycles. The lowest BCUT2D eigenvalue weighted by Crippen LogP contribution is -2.35. The number of hydrogen-bond acceptors (Lipinski definition) is 7. The van der Waals surface area contributed by atoms with Crippen LogP contribution in [0.3, 0.4) is 0 Å². The average Bonchev–Trinajstić information content (AvgIpc) is 3.18. The fraction of sp³-hybridized carbons (Fsp3) is 0.217. The number of anilines is 1. The zero-order valence-electron chi connectivity index (χ0n) is 18.2. The summed E-state index contributed by atoms with van der Waals surface area (Å²) in [6, 6.07) is 12.4. The van der Waals surface area contributed by atoms with Crippen molar-refractivity contribution in [1.82, 2.24) is 10.3 Å². The number of rotatable bonds is 8. The van der Waals surface area contributed by atoms with Gasteiger partial charge in [0.2, 0.25) is 5.91 Å². The summed E-state index contributed by atoms with van der Waals surface area (Å²) in [4.78, 5) is 41.3.